The summed E-state index contributed by atoms with van der Waals surface area (Å²) in [5.41, 5.74) is 0.497. The molecule has 140 valence electrons. The average molecular weight is 361 g/mol. The number of Topliss-reactive ketones (excluding diaryl/α,β-unsaturated/α-hetero) is 1. The van der Waals surface area contributed by atoms with Crippen LogP contribution in [-0.2, 0) is 23.1 Å². The van der Waals surface area contributed by atoms with Crippen LogP contribution in [0.1, 0.15) is 32.0 Å². The molecule has 0 radical (unpaired) electrons. The molecule has 0 aromatic carbocycles. The number of imidazole rings is 2. The second-order valence-corrected chi connectivity index (χ2v) is 6.53. The Morgan fingerprint density at radius 3 is 2.65 bits per heavy atom. The quantitative estimate of drug-likeness (QED) is 0.601. The highest BCUT2D eigenvalue weighted by Gasteiger charge is 2.23. The minimum absolute atomic E-state index is 0.252. The summed E-state index contributed by atoms with van der Waals surface area (Å²) in [7, 11) is 3.21. The van der Waals surface area contributed by atoms with Crippen LogP contribution in [0.5, 0.6) is 0 Å². The van der Waals surface area contributed by atoms with E-state index in [1.807, 2.05) is 17.7 Å². The average Bonchev–Trinajstić information content (AvgIpc) is 3.09. The van der Waals surface area contributed by atoms with Gasteiger partial charge < -0.3 is 9.30 Å². The maximum absolute atomic E-state index is 13.0. The number of aromatic nitrogens is 5. The fraction of sp³-hybridized carbons (Fsp3) is 0.529. The topological polar surface area (TPSA) is 92.5 Å². The molecule has 0 bridgehead atoms. The van der Waals surface area contributed by atoms with Crippen molar-refractivity contribution in [3.8, 4) is 0 Å². The van der Waals surface area contributed by atoms with Gasteiger partial charge >= 0.3 is 5.69 Å². The number of rotatable bonds is 6. The Bertz CT molecular complexity index is 1110. The first-order valence-corrected chi connectivity index (χ1v) is 8.48. The molecule has 0 aliphatic carbocycles. The van der Waals surface area contributed by atoms with Crippen molar-refractivity contribution in [1.29, 1.82) is 0 Å². The second kappa shape index (κ2) is 6.56. The smallest absolute Gasteiger partial charge is 0.333 e. The van der Waals surface area contributed by atoms with Crippen LogP contribution in [-0.4, -0.2) is 42.6 Å². The van der Waals surface area contributed by atoms with Gasteiger partial charge in [-0.2, -0.15) is 4.98 Å². The van der Waals surface area contributed by atoms with E-state index >= 15 is 0 Å². The molecule has 3 rings (SSSR count). The minimum atomic E-state index is -0.832. The third kappa shape index (κ3) is 2.59. The summed E-state index contributed by atoms with van der Waals surface area (Å²) in [5.74, 6) is 0.339. The van der Waals surface area contributed by atoms with E-state index in [4.69, 9.17) is 4.74 Å². The lowest BCUT2D eigenvalue weighted by Crippen LogP contribution is -2.42. The third-order valence-electron chi connectivity index (χ3n) is 4.80. The summed E-state index contributed by atoms with van der Waals surface area (Å²) >= 11 is 0. The predicted octanol–water partition coefficient (Wildman–Crippen LogP) is 0.644. The fourth-order valence-corrected chi connectivity index (χ4v) is 3.19. The first kappa shape index (κ1) is 18.1. The van der Waals surface area contributed by atoms with Crippen molar-refractivity contribution in [2.45, 2.75) is 39.8 Å². The van der Waals surface area contributed by atoms with Gasteiger partial charge in [-0.3, -0.25) is 18.6 Å². The molecular formula is C17H23N5O4. The van der Waals surface area contributed by atoms with Crippen molar-refractivity contribution in [1.82, 2.24) is 23.1 Å². The highest BCUT2D eigenvalue weighted by molar-refractivity contribution is 5.80. The van der Waals surface area contributed by atoms with Crippen molar-refractivity contribution in [3.05, 3.63) is 32.7 Å². The first-order chi connectivity index (χ1) is 12.3. The standard InChI is InChI=1S/C17H23N5O4/c1-10-9-21-13-14(18-16(21)20(10)7-6-8-26-5)19(4)17(25)22(15(13)24)11(2)12(3)23/h9,11H,6-8H2,1-5H3/t11-/m1/s1. The van der Waals surface area contributed by atoms with Gasteiger partial charge in [0.2, 0.25) is 5.78 Å². The lowest BCUT2D eigenvalue weighted by Gasteiger charge is -2.12. The summed E-state index contributed by atoms with van der Waals surface area (Å²) in [6, 6.07) is -0.832. The SMILES string of the molecule is COCCCn1c(C)cn2c3c(=O)n([C@H](C)C(C)=O)c(=O)n(C)c3nc12. The molecule has 0 aliphatic heterocycles. The summed E-state index contributed by atoms with van der Waals surface area (Å²) in [4.78, 5) is 41.9. The summed E-state index contributed by atoms with van der Waals surface area (Å²) in [6.07, 6.45) is 2.63. The highest BCUT2D eigenvalue weighted by atomic mass is 16.5. The van der Waals surface area contributed by atoms with E-state index in [1.165, 1.54) is 11.5 Å². The van der Waals surface area contributed by atoms with E-state index in [-0.39, 0.29) is 5.78 Å². The molecule has 26 heavy (non-hydrogen) atoms. The number of ether oxygens (including phenoxy) is 1. The zero-order valence-corrected chi connectivity index (χ0v) is 15.6. The zero-order valence-electron chi connectivity index (χ0n) is 15.6. The largest absolute Gasteiger partial charge is 0.385 e. The number of hydrogen-bond acceptors (Lipinski definition) is 5. The predicted molar refractivity (Wildman–Crippen MR) is 96.8 cm³/mol. The third-order valence-corrected chi connectivity index (χ3v) is 4.80. The van der Waals surface area contributed by atoms with E-state index in [0.717, 1.165) is 16.7 Å². The van der Waals surface area contributed by atoms with Gasteiger partial charge in [-0.25, -0.2) is 9.36 Å². The molecule has 1 atom stereocenters. The second-order valence-electron chi connectivity index (χ2n) is 6.53. The van der Waals surface area contributed by atoms with E-state index in [9.17, 15) is 14.4 Å². The van der Waals surface area contributed by atoms with Gasteiger partial charge in [-0.1, -0.05) is 0 Å². The van der Waals surface area contributed by atoms with Crippen LogP contribution in [0.15, 0.2) is 15.8 Å². The minimum Gasteiger partial charge on any atom is -0.385 e. The molecule has 0 aliphatic rings. The molecule has 0 fully saturated rings. The molecule has 9 nitrogen and oxygen atoms in total. The maximum atomic E-state index is 13.0. The van der Waals surface area contributed by atoms with Crippen molar-refractivity contribution in [2.75, 3.05) is 13.7 Å². The molecule has 0 unspecified atom stereocenters. The fourth-order valence-electron chi connectivity index (χ4n) is 3.19. The van der Waals surface area contributed by atoms with Crippen LogP contribution in [0.2, 0.25) is 0 Å². The van der Waals surface area contributed by atoms with Gasteiger partial charge in [-0.05, 0) is 27.2 Å². The normalized spacial score (nSPS) is 13.0. The Labute approximate surface area is 149 Å². The van der Waals surface area contributed by atoms with Gasteiger partial charge in [0.25, 0.3) is 5.56 Å². The molecule has 0 amide bonds. The van der Waals surface area contributed by atoms with E-state index in [2.05, 4.69) is 4.98 Å². The number of methoxy groups -OCH3 is 1. The monoisotopic (exact) mass is 361 g/mol. The Kier molecular flexibility index (Phi) is 4.57. The number of ketones is 1. The molecular weight excluding hydrogens is 338 g/mol. The van der Waals surface area contributed by atoms with Crippen LogP contribution < -0.4 is 11.2 Å². The van der Waals surface area contributed by atoms with Crippen molar-refractivity contribution in [2.24, 2.45) is 7.05 Å². The Morgan fingerprint density at radius 2 is 2.04 bits per heavy atom. The summed E-state index contributed by atoms with van der Waals surface area (Å²) in [5, 5.41) is 0. The molecule has 0 saturated heterocycles. The molecule has 0 N–H and O–H groups in total. The number of nitrogens with zero attached hydrogens (tertiary/aromatic N) is 5. The first-order valence-electron chi connectivity index (χ1n) is 8.48. The molecule has 3 aromatic rings. The lowest BCUT2D eigenvalue weighted by atomic mass is 10.2. The number of carbonyl (C=O) groups is 1. The van der Waals surface area contributed by atoms with Crippen LogP contribution in [0.3, 0.4) is 0 Å². The Balaban J connectivity index is 2.34. The maximum Gasteiger partial charge on any atom is 0.333 e. The molecule has 3 aromatic heterocycles. The van der Waals surface area contributed by atoms with Gasteiger partial charge in [0.1, 0.15) is 0 Å². The van der Waals surface area contributed by atoms with Crippen LogP contribution in [0.4, 0.5) is 0 Å². The summed E-state index contributed by atoms with van der Waals surface area (Å²) < 4.78 is 11.1. The number of hydrogen-bond donors (Lipinski definition) is 0. The molecule has 9 heteroatoms. The van der Waals surface area contributed by atoms with Crippen LogP contribution in [0, 0.1) is 6.92 Å². The van der Waals surface area contributed by atoms with Crippen LogP contribution in [0.25, 0.3) is 16.9 Å². The van der Waals surface area contributed by atoms with E-state index in [1.54, 1.807) is 25.5 Å². The highest BCUT2D eigenvalue weighted by Crippen LogP contribution is 2.17. The van der Waals surface area contributed by atoms with E-state index in [0.29, 0.717) is 30.1 Å². The Morgan fingerprint density at radius 1 is 1.35 bits per heavy atom. The number of aryl methyl sites for hydroxylation is 3. The van der Waals surface area contributed by atoms with Gasteiger partial charge in [0, 0.05) is 39.2 Å². The lowest BCUT2D eigenvalue weighted by molar-refractivity contribution is -0.119. The van der Waals surface area contributed by atoms with E-state index < -0.39 is 17.3 Å². The van der Waals surface area contributed by atoms with Gasteiger partial charge in [0.05, 0.1) is 6.04 Å². The van der Waals surface area contributed by atoms with Crippen LogP contribution >= 0.6 is 0 Å². The van der Waals surface area contributed by atoms with Crippen molar-refractivity contribution < 1.29 is 9.53 Å². The van der Waals surface area contributed by atoms with Gasteiger partial charge in [-0.15, -0.1) is 0 Å². The van der Waals surface area contributed by atoms with Crippen molar-refractivity contribution >= 4 is 22.7 Å². The Hall–Kier alpha value is -2.68. The summed E-state index contributed by atoms with van der Waals surface area (Å²) in [6.45, 7) is 6.16. The zero-order chi connectivity index (χ0) is 19.2. The number of carbonyl (C=O) groups excluding carboxylic acids is 1. The van der Waals surface area contributed by atoms with Crippen molar-refractivity contribution in [3.63, 3.8) is 0 Å². The van der Waals surface area contributed by atoms with Gasteiger partial charge in [0.15, 0.2) is 16.9 Å². The molecule has 0 saturated carbocycles. The molecule has 0 spiro atoms. The molecule has 3 heterocycles. The number of fused-ring (bicyclic) bond motifs is 3.